The predicted molar refractivity (Wildman–Crippen MR) is 66.0 cm³/mol. The van der Waals surface area contributed by atoms with Gasteiger partial charge in [0, 0.05) is 10.9 Å². The maximum absolute atomic E-state index is 3.54. The Morgan fingerprint density at radius 2 is 2.21 bits per heavy atom. The summed E-state index contributed by atoms with van der Waals surface area (Å²) in [6, 6.07) is 5.23. The Hall–Kier alpha value is 0.140. The molecular formula is C11H16BrNS. The lowest BCUT2D eigenvalue weighted by Gasteiger charge is -2.01. The van der Waals surface area contributed by atoms with Gasteiger partial charge in [-0.25, -0.2) is 0 Å². The minimum atomic E-state index is 0.867. The van der Waals surface area contributed by atoms with Crippen molar-refractivity contribution in [3.63, 3.8) is 0 Å². The molecule has 0 unspecified atom stereocenters. The number of thiophene rings is 1. The Labute approximate surface area is 98.0 Å². The van der Waals surface area contributed by atoms with Gasteiger partial charge in [0.1, 0.15) is 0 Å². The molecule has 1 heterocycles. The number of nitrogens with one attached hydrogen (secondary N) is 1. The van der Waals surface area contributed by atoms with E-state index in [0.29, 0.717) is 0 Å². The molecule has 1 aliphatic carbocycles. The Kier molecular flexibility index (Phi) is 4.02. The predicted octanol–water partition coefficient (Wildman–Crippen LogP) is 3.59. The fourth-order valence-electron chi connectivity index (χ4n) is 1.50. The van der Waals surface area contributed by atoms with Crippen LogP contribution >= 0.6 is 27.3 Å². The minimum Gasteiger partial charge on any atom is -0.314 e. The van der Waals surface area contributed by atoms with Crippen molar-refractivity contribution in [3.05, 3.63) is 20.8 Å². The number of rotatable bonds is 6. The highest BCUT2D eigenvalue weighted by molar-refractivity contribution is 9.11. The molecule has 0 saturated heterocycles. The van der Waals surface area contributed by atoms with Crippen LogP contribution in [0.2, 0.25) is 0 Å². The van der Waals surface area contributed by atoms with Gasteiger partial charge >= 0.3 is 0 Å². The van der Waals surface area contributed by atoms with Gasteiger partial charge in [0.2, 0.25) is 0 Å². The highest BCUT2D eigenvalue weighted by Crippen LogP contribution is 2.23. The summed E-state index contributed by atoms with van der Waals surface area (Å²) < 4.78 is 1.25. The van der Waals surface area contributed by atoms with Gasteiger partial charge in [0.05, 0.1) is 3.79 Å². The lowest BCUT2D eigenvalue weighted by molar-refractivity contribution is 0.621. The quantitative estimate of drug-likeness (QED) is 0.782. The van der Waals surface area contributed by atoms with Crippen LogP contribution in [0.15, 0.2) is 15.9 Å². The van der Waals surface area contributed by atoms with Crippen LogP contribution in [0.4, 0.5) is 0 Å². The molecule has 0 spiro atoms. The summed E-state index contributed by atoms with van der Waals surface area (Å²) in [5.41, 5.74) is 0. The van der Waals surface area contributed by atoms with Crippen LogP contribution in [0, 0.1) is 0 Å². The van der Waals surface area contributed by atoms with Gasteiger partial charge in [-0.2, -0.15) is 0 Å². The molecule has 0 bridgehead atoms. The second-order valence-electron chi connectivity index (χ2n) is 3.89. The molecule has 0 amide bonds. The van der Waals surface area contributed by atoms with Crippen LogP contribution < -0.4 is 5.32 Å². The topological polar surface area (TPSA) is 12.0 Å². The molecule has 0 atom stereocenters. The normalized spacial score (nSPS) is 16.1. The summed E-state index contributed by atoms with van der Waals surface area (Å²) in [5.74, 6) is 0. The fraction of sp³-hybridized carbons (Fsp3) is 0.636. The Morgan fingerprint density at radius 3 is 2.86 bits per heavy atom. The van der Waals surface area contributed by atoms with Crippen LogP contribution in [0.1, 0.15) is 30.6 Å². The summed E-state index contributed by atoms with van der Waals surface area (Å²) in [6.07, 6.45) is 6.66. The van der Waals surface area contributed by atoms with E-state index in [1.807, 2.05) is 11.3 Å². The number of aryl methyl sites for hydroxylation is 1. The lowest BCUT2D eigenvalue weighted by atomic mass is 10.2. The maximum Gasteiger partial charge on any atom is 0.0701 e. The summed E-state index contributed by atoms with van der Waals surface area (Å²) in [7, 11) is 0. The number of halogens is 1. The zero-order valence-electron chi connectivity index (χ0n) is 8.26. The molecule has 1 fully saturated rings. The zero-order chi connectivity index (χ0) is 9.80. The van der Waals surface area contributed by atoms with Gasteiger partial charge in [0.15, 0.2) is 0 Å². The first-order valence-electron chi connectivity index (χ1n) is 5.32. The molecule has 1 N–H and O–H groups in total. The van der Waals surface area contributed by atoms with Crippen molar-refractivity contribution in [2.45, 2.75) is 38.1 Å². The third-order valence-electron chi connectivity index (χ3n) is 2.49. The molecule has 1 aromatic heterocycles. The van der Waals surface area contributed by atoms with Crippen LogP contribution in [-0.4, -0.2) is 12.6 Å². The van der Waals surface area contributed by atoms with Crippen molar-refractivity contribution in [2.75, 3.05) is 6.54 Å². The van der Waals surface area contributed by atoms with Crippen molar-refractivity contribution in [1.82, 2.24) is 5.32 Å². The molecule has 2 rings (SSSR count). The van der Waals surface area contributed by atoms with Crippen molar-refractivity contribution < 1.29 is 0 Å². The Bertz CT molecular complexity index is 281. The van der Waals surface area contributed by atoms with E-state index in [0.717, 1.165) is 6.04 Å². The van der Waals surface area contributed by atoms with Crippen molar-refractivity contribution in [2.24, 2.45) is 0 Å². The Morgan fingerprint density at radius 1 is 1.36 bits per heavy atom. The molecule has 1 nitrogen and oxygen atoms in total. The average molecular weight is 274 g/mol. The highest BCUT2D eigenvalue weighted by Gasteiger charge is 2.19. The molecule has 0 radical (unpaired) electrons. The van der Waals surface area contributed by atoms with E-state index in [-0.39, 0.29) is 0 Å². The molecule has 14 heavy (non-hydrogen) atoms. The smallest absolute Gasteiger partial charge is 0.0701 e. The molecule has 1 aromatic rings. The van der Waals surface area contributed by atoms with Crippen molar-refractivity contribution >= 4 is 27.3 Å². The summed E-state index contributed by atoms with van der Waals surface area (Å²) >= 11 is 5.35. The van der Waals surface area contributed by atoms with E-state index in [1.54, 1.807) is 0 Å². The molecule has 78 valence electrons. The maximum atomic E-state index is 3.54. The molecule has 1 saturated carbocycles. The van der Waals surface area contributed by atoms with Crippen LogP contribution in [-0.2, 0) is 6.42 Å². The summed E-state index contributed by atoms with van der Waals surface area (Å²) in [5, 5.41) is 3.54. The van der Waals surface area contributed by atoms with Crippen molar-refractivity contribution in [3.8, 4) is 0 Å². The Balaban J connectivity index is 1.53. The van der Waals surface area contributed by atoms with Crippen molar-refractivity contribution in [1.29, 1.82) is 0 Å². The highest BCUT2D eigenvalue weighted by atomic mass is 79.9. The van der Waals surface area contributed by atoms with Crippen LogP contribution in [0.25, 0.3) is 0 Å². The number of hydrogen-bond donors (Lipinski definition) is 1. The monoisotopic (exact) mass is 273 g/mol. The number of hydrogen-bond acceptors (Lipinski definition) is 2. The lowest BCUT2D eigenvalue weighted by Crippen LogP contribution is -2.17. The minimum absolute atomic E-state index is 0.867. The third kappa shape index (κ3) is 3.71. The zero-order valence-corrected chi connectivity index (χ0v) is 10.7. The third-order valence-corrected chi connectivity index (χ3v) is 4.17. The van der Waals surface area contributed by atoms with Gasteiger partial charge in [-0.05, 0) is 66.7 Å². The van der Waals surface area contributed by atoms with E-state index in [2.05, 4.69) is 33.4 Å². The first-order valence-corrected chi connectivity index (χ1v) is 6.93. The first-order chi connectivity index (χ1) is 6.84. The molecule has 0 aromatic carbocycles. The standard InChI is InChI=1S/C11H16BrNS/c12-11-7-6-10(14-11)3-1-2-8-13-9-4-5-9/h6-7,9,13H,1-5,8H2. The second kappa shape index (κ2) is 5.29. The van der Waals surface area contributed by atoms with Gasteiger partial charge in [-0.3, -0.25) is 0 Å². The van der Waals surface area contributed by atoms with E-state index < -0.39 is 0 Å². The van der Waals surface area contributed by atoms with Gasteiger partial charge in [-0.15, -0.1) is 11.3 Å². The van der Waals surface area contributed by atoms with Gasteiger partial charge in [-0.1, -0.05) is 0 Å². The second-order valence-corrected chi connectivity index (χ2v) is 6.44. The van der Waals surface area contributed by atoms with Gasteiger partial charge in [0.25, 0.3) is 0 Å². The average Bonchev–Trinajstić information content (AvgIpc) is 2.89. The fourth-order valence-corrected chi connectivity index (χ4v) is 3.03. The summed E-state index contributed by atoms with van der Waals surface area (Å²) in [4.78, 5) is 1.50. The van der Waals surface area contributed by atoms with Crippen LogP contribution in [0.3, 0.4) is 0 Å². The first kappa shape index (κ1) is 10.7. The van der Waals surface area contributed by atoms with E-state index in [9.17, 15) is 0 Å². The number of unbranched alkanes of at least 4 members (excludes halogenated alkanes) is 1. The largest absolute Gasteiger partial charge is 0.314 e. The molecule has 1 aliphatic rings. The molecule has 0 aliphatic heterocycles. The molecular weight excluding hydrogens is 258 g/mol. The molecule has 3 heteroatoms. The summed E-state index contributed by atoms with van der Waals surface area (Å²) in [6.45, 7) is 1.21. The van der Waals surface area contributed by atoms with Crippen LogP contribution in [0.5, 0.6) is 0 Å². The van der Waals surface area contributed by atoms with E-state index in [1.165, 1.54) is 47.3 Å². The van der Waals surface area contributed by atoms with E-state index in [4.69, 9.17) is 0 Å². The van der Waals surface area contributed by atoms with Gasteiger partial charge < -0.3 is 5.32 Å². The SMILES string of the molecule is Brc1ccc(CCCCNC2CC2)s1. The van der Waals surface area contributed by atoms with E-state index >= 15 is 0 Å².